The lowest BCUT2D eigenvalue weighted by Gasteiger charge is -2.05. The van der Waals surface area contributed by atoms with Gasteiger partial charge in [0, 0.05) is 28.3 Å². The van der Waals surface area contributed by atoms with Gasteiger partial charge < -0.3 is 13.6 Å². The lowest BCUT2D eigenvalue weighted by Crippen LogP contribution is -1.81. The van der Waals surface area contributed by atoms with E-state index in [1.165, 1.54) is 6.92 Å². The van der Waals surface area contributed by atoms with Crippen LogP contribution < -0.4 is 0 Å². The van der Waals surface area contributed by atoms with Crippen molar-refractivity contribution in [2.45, 2.75) is 6.92 Å². The van der Waals surface area contributed by atoms with Gasteiger partial charge in [-0.3, -0.25) is 0 Å². The summed E-state index contributed by atoms with van der Waals surface area (Å²) in [6.07, 6.45) is 0. The minimum Gasteiger partial charge on any atom is -0.316 e. The zero-order chi connectivity index (χ0) is 8.41. The monoisotopic (exact) mass is 165 g/mol. The molecule has 0 aromatic carbocycles. The Balaban J connectivity index is 0. The molecule has 10 heavy (non-hydrogen) atoms. The topological polar surface area (TPSA) is 51.5 Å². The van der Waals surface area contributed by atoms with E-state index in [0.717, 1.165) is 0 Å². The van der Waals surface area contributed by atoms with Crippen molar-refractivity contribution in [2.24, 2.45) is 0 Å². The van der Waals surface area contributed by atoms with Crippen LogP contribution in [0.15, 0.2) is 0 Å². The van der Waals surface area contributed by atoms with Crippen molar-refractivity contribution in [1.29, 1.82) is 5.26 Å². The predicted molar refractivity (Wildman–Crippen MR) is 39.2 cm³/mol. The standard InChI is InChI=1S/C3H9O3P.C2H3N/c1-4-7(5-2)6-3;1-2-3/h1-3H3;1H3. The molecule has 4 nitrogen and oxygen atoms in total. The minimum atomic E-state index is -1.05. The van der Waals surface area contributed by atoms with Crippen molar-refractivity contribution in [3.63, 3.8) is 0 Å². The van der Waals surface area contributed by atoms with E-state index >= 15 is 0 Å². The first-order chi connectivity index (χ1) is 4.76. The zero-order valence-corrected chi connectivity index (χ0v) is 7.51. The van der Waals surface area contributed by atoms with Crippen LogP contribution in [0.3, 0.4) is 0 Å². The van der Waals surface area contributed by atoms with E-state index in [1.807, 2.05) is 0 Å². The van der Waals surface area contributed by atoms with Crippen LogP contribution in [0.2, 0.25) is 0 Å². The maximum absolute atomic E-state index is 7.32. The van der Waals surface area contributed by atoms with Crippen molar-refractivity contribution in [3.8, 4) is 6.07 Å². The first-order valence-electron chi connectivity index (χ1n) is 2.50. The fraction of sp³-hybridized carbons (Fsp3) is 0.800. The van der Waals surface area contributed by atoms with Crippen LogP contribution in [0, 0.1) is 11.3 Å². The van der Waals surface area contributed by atoms with Crippen molar-refractivity contribution in [3.05, 3.63) is 0 Å². The molecular formula is C5H12NO3P. The summed E-state index contributed by atoms with van der Waals surface area (Å²) in [5.41, 5.74) is 0. The van der Waals surface area contributed by atoms with Crippen LogP contribution in [0.1, 0.15) is 6.92 Å². The summed E-state index contributed by atoms with van der Waals surface area (Å²) in [6, 6.07) is 1.75. The van der Waals surface area contributed by atoms with Crippen LogP contribution in [0.4, 0.5) is 0 Å². The number of rotatable bonds is 3. The highest BCUT2D eigenvalue weighted by Crippen LogP contribution is 2.35. The number of hydrogen-bond acceptors (Lipinski definition) is 4. The molecule has 0 heterocycles. The predicted octanol–water partition coefficient (Wildman–Crippen LogP) is 1.68. The van der Waals surface area contributed by atoms with Crippen LogP contribution in [0.5, 0.6) is 0 Å². The van der Waals surface area contributed by atoms with Crippen molar-refractivity contribution in [2.75, 3.05) is 21.3 Å². The van der Waals surface area contributed by atoms with E-state index in [9.17, 15) is 0 Å². The summed E-state index contributed by atoms with van der Waals surface area (Å²) >= 11 is 0. The molecule has 0 aromatic heterocycles. The van der Waals surface area contributed by atoms with Gasteiger partial charge in [-0.15, -0.1) is 0 Å². The maximum Gasteiger partial charge on any atom is 0.331 e. The maximum atomic E-state index is 7.32. The third kappa shape index (κ3) is 10.7. The summed E-state index contributed by atoms with van der Waals surface area (Å²) in [6.45, 7) is 1.43. The Bertz CT molecular complexity index is 83.9. The van der Waals surface area contributed by atoms with Gasteiger partial charge in [-0.05, 0) is 0 Å². The van der Waals surface area contributed by atoms with Crippen LogP contribution in [0.25, 0.3) is 0 Å². The average molecular weight is 165 g/mol. The molecule has 0 aliphatic heterocycles. The lowest BCUT2D eigenvalue weighted by atomic mass is 11.0. The molecule has 0 rings (SSSR count). The average Bonchev–Trinajstić information content (AvgIpc) is 1.93. The summed E-state index contributed by atoms with van der Waals surface area (Å²) < 4.78 is 14.0. The van der Waals surface area contributed by atoms with E-state index in [4.69, 9.17) is 5.26 Å². The van der Waals surface area contributed by atoms with Gasteiger partial charge >= 0.3 is 8.60 Å². The summed E-state index contributed by atoms with van der Waals surface area (Å²) in [4.78, 5) is 0. The Kier molecular flexibility index (Phi) is 14.4. The Morgan fingerprint density at radius 2 is 1.30 bits per heavy atom. The molecular weight excluding hydrogens is 153 g/mol. The minimum absolute atomic E-state index is 1.05. The van der Waals surface area contributed by atoms with Gasteiger partial charge in [0.05, 0.1) is 6.07 Å². The molecule has 0 radical (unpaired) electrons. The summed E-state index contributed by atoms with van der Waals surface area (Å²) in [5.74, 6) is 0. The Labute approximate surface area is 62.7 Å². The fourth-order valence-corrected chi connectivity index (χ4v) is 0.671. The second-order valence-corrected chi connectivity index (χ2v) is 2.54. The Morgan fingerprint density at radius 3 is 1.30 bits per heavy atom. The van der Waals surface area contributed by atoms with Crippen LogP contribution in [-0.4, -0.2) is 21.3 Å². The van der Waals surface area contributed by atoms with Gasteiger partial charge in [0.25, 0.3) is 0 Å². The number of hydrogen-bond donors (Lipinski definition) is 0. The highest BCUT2D eigenvalue weighted by molar-refractivity contribution is 7.41. The van der Waals surface area contributed by atoms with Gasteiger partial charge in [0.15, 0.2) is 0 Å². The molecule has 0 N–H and O–H groups in total. The summed E-state index contributed by atoms with van der Waals surface area (Å²) in [5, 5.41) is 7.32. The molecule has 0 spiro atoms. The molecule has 0 fully saturated rings. The molecule has 0 atom stereocenters. The van der Waals surface area contributed by atoms with E-state index < -0.39 is 8.60 Å². The highest BCUT2D eigenvalue weighted by atomic mass is 31.2. The molecule has 0 bridgehead atoms. The van der Waals surface area contributed by atoms with E-state index in [0.29, 0.717) is 0 Å². The molecule has 0 saturated carbocycles. The smallest absolute Gasteiger partial charge is 0.316 e. The van der Waals surface area contributed by atoms with Gasteiger partial charge in [-0.1, -0.05) is 0 Å². The molecule has 5 heteroatoms. The number of nitrogens with zero attached hydrogens (tertiary/aromatic N) is 1. The third-order valence-electron chi connectivity index (χ3n) is 0.447. The van der Waals surface area contributed by atoms with E-state index in [1.54, 1.807) is 27.4 Å². The third-order valence-corrected chi connectivity index (χ3v) is 1.34. The summed E-state index contributed by atoms with van der Waals surface area (Å²) in [7, 11) is 3.57. The van der Waals surface area contributed by atoms with Crippen molar-refractivity contribution in [1.82, 2.24) is 0 Å². The van der Waals surface area contributed by atoms with Gasteiger partial charge in [0.1, 0.15) is 0 Å². The van der Waals surface area contributed by atoms with E-state index in [2.05, 4.69) is 13.6 Å². The normalized spacial score (nSPS) is 8.00. The molecule has 0 aliphatic carbocycles. The van der Waals surface area contributed by atoms with Crippen molar-refractivity contribution >= 4 is 8.60 Å². The second-order valence-electron chi connectivity index (χ2n) is 0.995. The first-order valence-corrected chi connectivity index (χ1v) is 3.59. The largest absolute Gasteiger partial charge is 0.331 e. The molecule has 0 aliphatic rings. The molecule has 0 unspecified atom stereocenters. The van der Waals surface area contributed by atoms with E-state index in [-0.39, 0.29) is 0 Å². The van der Waals surface area contributed by atoms with Gasteiger partial charge in [-0.25, -0.2) is 0 Å². The fourth-order valence-electron chi connectivity index (χ4n) is 0.224. The quantitative estimate of drug-likeness (QED) is 0.597. The second kappa shape index (κ2) is 11.6. The Morgan fingerprint density at radius 1 is 1.10 bits per heavy atom. The molecule has 60 valence electrons. The number of nitriles is 1. The molecule has 0 aromatic rings. The molecule has 0 saturated heterocycles. The lowest BCUT2D eigenvalue weighted by molar-refractivity contribution is 0.239. The SMILES string of the molecule is CC#N.COP(OC)OC. The Hall–Kier alpha value is -0.200. The van der Waals surface area contributed by atoms with Gasteiger partial charge in [-0.2, -0.15) is 5.26 Å². The van der Waals surface area contributed by atoms with Crippen molar-refractivity contribution < 1.29 is 13.6 Å². The highest BCUT2D eigenvalue weighted by Gasteiger charge is 2.00. The van der Waals surface area contributed by atoms with Gasteiger partial charge in [0.2, 0.25) is 0 Å². The molecule has 0 amide bonds. The van der Waals surface area contributed by atoms with Crippen LogP contribution in [-0.2, 0) is 13.6 Å². The zero-order valence-electron chi connectivity index (χ0n) is 6.62. The first kappa shape index (κ1) is 12.5. The van der Waals surface area contributed by atoms with Crippen LogP contribution >= 0.6 is 8.60 Å².